The van der Waals surface area contributed by atoms with Crippen molar-refractivity contribution in [3.05, 3.63) is 52.5 Å². The van der Waals surface area contributed by atoms with Crippen LogP contribution in [-0.4, -0.2) is 15.7 Å². The van der Waals surface area contributed by atoms with Crippen molar-refractivity contribution in [2.75, 3.05) is 0 Å². The molecule has 0 radical (unpaired) electrons. The average molecular weight is 353 g/mol. The van der Waals surface area contributed by atoms with Crippen LogP contribution < -0.4 is 5.32 Å². The zero-order chi connectivity index (χ0) is 17.5. The molecule has 0 aliphatic heterocycles. The highest BCUT2D eigenvalue weighted by atomic mass is 32.1. The molecule has 1 aromatic carbocycles. The Morgan fingerprint density at radius 3 is 2.58 bits per heavy atom. The van der Waals surface area contributed by atoms with Crippen molar-refractivity contribution in [1.29, 1.82) is 0 Å². The van der Waals surface area contributed by atoms with E-state index in [9.17, 15) is 18.0 Å². The number of rotatable bonds is 3. The van der Waals surface area contributed by atoms with E-state index in [1.807, 2.05) is 37.3 Å². The molecule has 0 fully saturated rings. The Kier molecular flexibility index (Phi) is 4.08. The molecule has 1 unspecified atom stereocenters. The molecule has 0 saturated carbocycles. The molecule has 1 atom stereocenters. The van der Waals surface area contributed by atoms with Crippen LogP contribution in [0, 0.1) is 0 Å². The van der Waals surface area contributed by atoms with Gasteiger partial charge >= 0.3 is 6.18 Å². The van der Waals surface area contributed by atoms with Gasteiger partial charge in [-0.1, -0.05) is 30.3 Å². The predicted octanol–water partition coefficient (Wildman–Crippen LogP) is 4.14. The Morgan fingerprint density at radius 2 is 1.96 bits per heavy atom. The standard InChI is InChI=1S/C16H14F3N3OS/c1-9(10-6-4-3-5-7-10)20-14(23)12-8-11-13(16(17,18)19)21-22(2)15(11)24-12/h3-9H,1-2H3,(H,20,23). The molecule has 2 heterocycles. The topological polar surface area (TPSA) is 46.9 Å². The number of aryl methyl sites for hydroxylation is 1. The summed E-state index contributed by atoms with van der Waals surface area (Å²) in [7, 11) is 1.43. The van der Waals surface area contributed by atoms with Crippen LogP contribution in [0.4, 0.5) is 13.2 Å². The van der Waals surface area contributed by atoms with Crippen LogP contribution in [0.2, 0.25) is 0 Å². The van der Waals surface area contributed by atoms with Crippen LogP contribution in [0.15, 0.2) is 36.4 Å². The summed E-state index contributed by atoms with van der Waals surface area (Å²) < 4.78 is 40.2. The number of amides is 1. The second-order valence-electron chi connectivity index (χ2n) is 5.41. The van der Waals surface area contributed by atoms with E-state index in [1.165, 1.54) is 13.1 Å². The van der Waals surface area contributed by atoms with Crippen LogP contribution >= 0.6 is 11.3 Å². The molecule has 1 amide bonds. The number of fused-ring (bicyclic) bond motifs is 1. The Labute approximate surface area is 139 Å². The highest BCUT2D eigenvalue weighted by Gasteiger charge is 2.37. The highest BCUT2D eigenvalue weighted by Crippen LogP contribution is 2.37. The molecule has 0 saturated heterocycles. The normalized spacial score (nSPS) is 13.2. The molecule has 0 aliphatic carbocycles. The third-order valence-electron chi connectivity index (χ3n) is 3.65. The molecule has 3 rings (SSSR count). The fourth-order valence-electron chi connectivity index (χ4n) is 2.45. The van der Waals surface area contributed by atoms with E-state index < -0.39 is 17.8 Å². The van der Waals surface area contributed by atoms with E-state index in [0.29, 0.717) is 4.83 Å². The smallest absolute Gasteiger partial charge is 0.345 e. The Morgan fingerprint density at radius 1 is 1.29 bits per heavy atom. The first-order valence-corrected chi connectivity index (χ1v) is 7.98. The van der Waals surface area contributed by atoms with Gasteiger partial charge in [0, 0.05) is 12.4 Å². The zero-order valence-electron chi connectivity index (χ0n) is 12.9. The molecular weight excluding hydrogens is 339 g/mol. The first-order chi connectivity index (χ1) is 11.3. The third kappa shape index (κ3) is 3.01. The zero-order valence-corrected chi connectivity index (χ0v) is 13.7. The lowest BCUT2D eigenvalue weighted by Gasteiger charge is -2.13. The summed E-state index contributed by atoms with van der Waals surface area (Å²) >= 11 is 0.995. The van der Waals surface area contributed by atoms with Crippen molar-refractivity contribution < 1.29 is 18.0 Å². The van der Waals surface area contributed by atoms with Crippen molar-refractivity contribution in [2.45, 2.75) is 19.1 Å². The molecule has 8 heteroatoms. The second kappa shape index (κ2) is 5.94. The van der Waals surface area contributed by atoms with E-state index in [-0.39, 0.29) is 16.3 Å². The molecule has 1 N–H and O–H groups in total. The summed E-state index contributed by atoms with van der Waals surface area (Å²) in [5.41, 5.74) is -0.0454. The third-order valence-corrected chi connectivity index (χ3v) is 4.85. The number of alkyl halides is 3. The lowest BCUT2D eigenvalue weighted by molar-refractivity contribution is -0.140. The fraction of sp³-hybridized carbons (Fsp3) is 0.250. The summed E-state index contributed by atoms with van der Waals surface area (Å²) in [6.45, 7) is 1.82. The number of nitrogens with zero attached hydrogens (tertiary/aromatic N) is 2. The van der Waals surface area contributed by atoms with E-state index in [1.54, 1.807) is 0 Å². The average Bonchev–Trinajstić information content (AvgIpc) is 3.08. The van der Waals surface area contributed by atoms with Gasteiger partial charge in [0.25, 0.3) is 5.91 Å². The first kappa shape index (κ1) is 16.5. The van der Waals surface area contributed by atoms with Gasteiger partial charge in [0.1, 0.15) is 4.83 Å². The lowest BCUT2D eigenvalue weighted by atomic mass is 10.1. The van der Waals surface area contributed by atoms with E-state index in [2.05, 4.69) is 10.4 Å². The van der Waals surface area contributed by atoms with Crippen molar-refractivity contribution >= 4 is 27.5 Å². The van der Waals surface area contributed by atoms with Gasteiger partial charge in [0.05, 0.1) is 10.9 Å². The van der Waals surface area contributed by atoms with Crippen LogP contribution in [0.25, 0.3) is 10.2 Å². The minimum absolute atomic E-state index is 0.0486. The van der Waals surface area contributed by atoms with Crippen molar-refractivity contribution in [2.24, 2.45) is 7.05 Å². The number of thiophene rings is 1. The van der Waals surface area contributed by atoms with Crippen molar-refractivity contribution in [1.82, 2.24) is 15.1 Å². The first-order valence-electron chi connectivity index (χ1n) is 7.17. The Balaban J connectivity index is 1.88. The van der Waals surface area contributed by atoms with Crippen LogP contribution in [0.1, 0.15) is 33.9 Å². The Hall–Kier alpha value is -2.35. The number of aromatic nitrogens is 2. The molecule has 0 aliphatic rings. The van der Waals surface area contributed by atoms with Gasteiger partial charge in [-0.05, 0) is 18.6 Å². The van der Waals surface area contributed by atoms with Gasteiger partial charge in [-0.15, -0.1) is 11.3 Å². The van der Waals surface area contributed by atoms with E-state index >= 15 is 0 Å². The summed E-state index contributed by atoms with van der Waals surface area (Å²) in [6, 6.07) is 10.4. The number of nitrogens with one attached hydrogen (secondary N) is 1. The van der Waals surface area contributed by atoms with E-state index in [0.717, 1.165) is 21.6 Å². The van der Waals surface area contributed by atoms with Gasteiger partial charge in [0.15, 0.2) is 5.69 Å². The maximum atomic E-state index is 13.0. The van der Waals surface area contributed by atoms with Crippen LogP contribution in [0.5, 0.6) is 0 Å². The van der Waals surface area contributed by atoms with Crippen LogP contribution in [-0.2, 0) is 13.2 Å². The summed E-state index contributed by atoms with van der Waals surface area (Å²) in [4.78, 5) is 12.9. The summed E-state index contributed by atoms with van der Waals surface area (Å²) in [6.07, 6.45) is -4.55. The van der Waals surface area contributed by atoms with E-state index in [4.69, 9.17) is 0 Å². The maximum absolute atomic E-state index is 13.0. The molecule has 0 bridgehead atoms. The van der Waals surface area contributed by atoms with Crippen LogP contribution in [0.3, 0.4) is 0 Å². The molecule has 3 aromatic rings. The minimum Gasteiger partial charge on any atom is -0.345 e. The minimum atomic E-state index is -4.55. The molecule has 2 aromatic heterocycles. The molecule has 4 nitrogen and oxygen atoms in total. The van der Waals surface area contributed by atoms with Gasteiger partial charge < -0.3 is 5.32 Å². The fourth-order valence-corrected chi connectivity index (χ4v) is 3.43. The van der Waals surface area contributed by atoms with Gasteiger partial charge in [-0.3, -0.25) is 9.48 Å². The maximum Gasteiger partial charge on any atom is 0.435 e. The SMILES string of the molecule is CC(NC(=O)c1cc2c(C(F)(F)F)nn(C)c2s1)c1ccccc1. The largest absolute Gasteiger partial charge is 0.435 e. The predicted molar refractivity (Wildman–Crippen MR) is 85.9 cm³/mol. The summed E-state index contributed by atoms with van der Waals surface area (Å²) in [5.74, 6) is -0.402. The number of benzene rings is 1. The van der Waals surface area contributed by atoms with Gasteiger partial charge in [-0.2, -0.15) is 18.3 Å². The lowest BCUT2D eigenvalue weighted by Crippen LogP contribution is -2.25. The highest BCUT2D eigenvalue weighted by molar-refractivity contribution is 7.20. The molecule has 126 valence electrons. The summed E-state index contributed by atoms with van der Waals surface area (Å²) in [5, 5.41) is 6.25. The van der Waals surface area contributed by atoms with Gasteiger partial charge in [-0.25, -0.2) is 0 Å². The number of halogens is 3. The monoisotopic (exact) mass is 353 g/mol. The number of hydrogen-bond acceptors (Lipinski definition) is 3. The molecule has 24 heavy (non-hydrogen) atoms. The number of carbonyl (C=O) groups is 1. The molecule has 0 spiro atoms. The van der Waals surface area contributed by atoms with Crippen molar-refractivity contribution in [3.63, 3.8) is 0 Å². The Bertz CT molecular complexity index is 883. The quantitative estimate of drug-likeness (QED) is 0.769. The van der Waals surface area contributed by atoms with Gasteiger partial charge in [0.2, 0.25) is 0 Å². The van der Waals surface area contributed by atoms with Crippen molar-refractivity contribution in [3.8, 4) is 0 Å². The molecular formula is C16H14F3N3OS. The number of hydrogen-bond donors (Lipinski definition) is 1. The number of carbonyl (C=O) groups excluding carboxylic acids is 1. The second-order valence-corrected chi connectivity index (χ2v) is 6.44.